The number of hydrogen-bond acceptors (Lipinski definition) is 6. The average Bonchev–Trinajstić information content (AvgIpc) is 3.30. The third-order valence-electron chi connectivity index (χ3n) is 5.05. The standard InChI is InChI=1S/C23H27N5O4/c1-2-18-17(8-4-10-24-18)19(13-22(30)31)28-21(29)14-26-23(32)15-6-3-7-16(12-15)27-20-9-5-11-25-20/h3-4,6-8,10,12,19H,2,5,9,11,13-14H2,1H3,(H,25,27)(H,26,32)(H,28,29)(H,30,31). The Morgan fingerprint density at radius 1 is 1.19 bits per heavy atom. The molecule has 0 radical (unpaired) electrons. The van der Waals surface area contributed by atoms with E-state index in [1.54, 1.807) is 36.5 Å². The Morgan fingerprint density at radius 2 is 2.03 bits per heavy atom. The topological polar surface area (TPSA) is 133 Å². The number of amides is 2. The molecule has 0 saturated carbocycles. The Hall–Kier alpha value is -3.75. The molecule has 1 aliphatic heterocycles. The van der Waals surface area contributed by atoms with Gasteiger partial charge in [-0.05, 0) is 42.7 Å². The summed E-state index contributed by atoms with van der Waals surface area (Å²) in [5.41, 5.74) is 2.54. The number of carboxylic acid groups (broad SMARTS) is 1. The van der Waals surface area contributed by atoms with Gasteiger partial charge in [0, 0.05) is 36.1 Å². The molecular formula is C23H27N5O4. The number of aryl methyl sites for hydroxylation is 1. The molecule has 9 heteroatoms. The third-order valence-corrected chi connectivity index (χ3v) is 5.05. The van der Waals surface area contributed by atoms with Crippen molar-refractivity contribution in [1.29, 1.82) is 0 Å². The smallest absolute Gasteiger partial charge is 0.305 e. The number of aromatic nitrogens is 1. The number of carbonyl (C=O) groups excluding carboxylic acids is 2. The number of anilines is 1. The van der Waals surface area contributed by atoms with Gasteiger partial charge in [-0.3, -0.25) is 24.4 Å². The molecule has 168 valence electrons. The summed E-state index contributed by atoms with van der Waals surface area (Å²) in [5.74, 6) is -1.03. The van der Waals surface area contributed by atoms with E-state index in [0.717, 1.165) is 36.6 Å². The van der Waals surface area contributed by atoms with Gasteiger partial charge in [0.15, 0.2) is 0 Å². The van der Waals surface area contributed by atoms with E-state index in [9.17, 15) is 19.5 Å². The van der Waals surface area contributed by atoms with Crippen molar-refractivity contribution in [3.63, 3.8) is 0 Å². The summed E-state index contributed by atoms with van der Waals surface area (Å²) in [5, 5.41) is 17.8. The largest absolute Gasteiger partial charge is 0.481 e. The molecule has 1 atom stereocenters. The van der Waals surface area contributed by atoms with E-state index in [0.29, 0.717) is 17.5 Å². The molecule has 2 aromatic rings. The van der Waals surface area contributed by atoms with Crippen LogP contribution >= 0.6 is 0 Å². The van der Waals surface area contributed by atoms with Gasteiger partial charge in [0.25, 0.3) is 5.91 Å². The predicted octanol–water partition coefficient (Wildman–Crippen LogP) is 2.31. The molecule has 2 amide bonds. The highest BCUT2D eigenvalue weighted by molar-refractivity contribution is 6.00. The molecule has 3 rings (SSSR count). The number of nitrogens with zero attached hydrogens (tertiary/aromatic N) is 2. The summed E-state index contributed by atoms with van der Waals surface area (Å²) in [4.78, 5) is 44.9. The lowest BCUT2D eigenvalue weighted by molar-refractivity contribution is -0.137. The number of amidine groups is 1. The van der Waals surface area contributed by atoms with Crippen LogP contribution in [0, 0.1) is 0 Å². The van der Waals surface area contributed by atoms with E-state index < -0.39 is 23.8 Å². The maximum Gasteiger partial charge on any atom is 0.305 e. The van der Waals surface area contributed by atoms with Crippen molar-refractivity contribution in [2.24, 2.45) is 4.99 Å². The van der Waals surface area contributed by atoms with Gasteiger partial charge in [-0.15, -0.1) is 0 Å². The molecule has 32 heavy (non-hydrogen) atoms. The van der Waals surface area contributed by atoms with Crippen molar-refractivity contribution in [1.82, 2.24) is 15.6 Å². The third kappa shape index (κ3) is 6.37. The highest BCUT2D eigenvalue weighted by Gasteiger charge is 2.21. The number of carbonyl (C=O) groups is 3. The molecule has 0 spiro atoms. The van der Waals surface area contributed by atoms with Gasteiger partial charge in [0.05, 0.1) is 19.0 Å². The normalized spacial score (nSPS) is 13.7. The number of hydrogen-bond donors (Lipinski definition) is 4. The number of rotatable bonds is 9. The summed E-state index contributed by atoms with van der Waals surface area (Å²) in [6, 6.07) is 9.68. The van der Waals surface area contributed by atoms with Crippen molar-refractivity contribution in [2.75, 3.05) is 18.4 Å². The van der Waals surface area contributed by atoms with Gasteiger partial charge in [0.1, 0.15) is 5.84 Å². The monoisotopic (exact) mass is 437 g/mol. The average molecular weight is 438 g/mol. The number of carboxylic acids is 1. The van der Waals surface area contributed by atoms with Crippen LogP contribution in [0.3, 0.4) is 0 Å². The minimum atomic E-state index is -1.04. The maximum atomic E-state index is 12.5. The van der Waals surface area contributed by atoms with Crippen LogP contribution in [0.25, 0.3) is 0 Å². The molecule has 2 heterocycles. The molecule has 0 bridgehead atoms. The molecule has 0 fully saturated rings. The number of aliphatic imine (C=N–C) groups is 1. The lowest BCUT2D eigenvalue weighted by Gasteiger charge is -2.20. The quantitative estimate of drug-likeness (QED) is 0.476. The molecule has 1 aliphatic rings. The number of aliphatic carboxylic acids is 1. The van der Waals surface area contributed by atoms with Crippen LogP contribution in [-0.4, -0.2) is 46.8 Å². The van der Waals surface area contributed by atoms with E-state index in [4.69, 9.17) is 0 Å². The van der Waals surface area contributed by atoms with Crippen LogP contribution in [0.15, 0.2) is 47.6 Å². The van der Waals surface area contributed by atoms with Crippen LogP contribution < -0.4 is 16.0 Å². The van der Waals surface area contributed by atoms with E-state index in [2.05, 4.69) is 25.9 Å². The fourth-order valence-corrected chi connectivity index (χ4v) is 3.53. The van der Waals surface area contributed by atoms with Crippen LogP contribution in [-0.2, 0) is 16.0 Å². The van der Waals surface area contributed by atoms with Crippen molar-refractivity contribution >= 4 is 29.3 Å². The van der Waals surface area contributed by atoms with Crippen molar-refractivity contribution in [3.8, 4) is 0 Å². The first-order valence-electron chi connectivity index (χ1n) is 10.6. The first-order valence-corrected chi connectivity index (χ1v) is 10.6. The summed E-state index contributed by atoms with van der Waals surface area (Å²) in [6.07, 6.45) is 3.85. The Morgan fingerprint density at radius 3 is 2.75 bits per heavy atom. The maximum absolute atomic E-state index is 12.5. The van der Waals surface area contributed by atoms with Gasteiger partial charge in [-0.2, -0.15) is 0 Å². The highest BCUT2D eigenvalue weighted by Crippen LogP contribution is 2.20. The zero-order valence-electron chi connectivity index (χ0n) is 17.9. The number of nitrogens with one attached hydrogen (secondary N) is 3. The van der Waals surface area contributed by atoms with Crippen LogP contribution in [0.4, 0.5) is 5.69 Å². The van der Waals surface area contributed by atoms with Crippen molar-refractivity contribution < 1.29 is 19.5 Å². The molecule has 0 aliphatic carbocycles. The molecule has 9 nitrogen and oxygen atoms in total. The zero-order chi connectivity index (χ0) is 22.9. The Balaban J connectivity index is 1.60. The minimum absolute atomic E-state index is 0.277. The van der Waals surface area contributed by atoms with E-state index >= 15 is 0 Å². The van der Waals surface area contributed by atoms with Gasteiger partial charge < -0.3 is 21.1 Å². The zero-order valence-corrected chi connectivity index (χ0v) is 17.9. The second kappa shape index (κ2) is 11.0. The molecule has 1 unspecified atom stereocenters. The van der Waals surface area contributed by atoms with Crippen LogP contribution in [0.5, 0.6) is 0 Å². The summed E-state index contributed by atoms with van der Waals surface area (Å²) in [6.45, 7) is 2.44. The summed E-state index contributed by atoms with van der Waals surface area (Å²) >= 11 is 0. The first kappa shape index (κ1) is 22.9. The van der Waals surface area contributed by atoms with Crippen molar-refractivity contribution in [2.45, 2.75) is 38.6 Å². The van der Waals surface area contributed by atoms with E-state index in [1.807, 2.05) is 13.0 Å². The number of benzene rings is 1. The SMILES string of the molecule is CCc1ncccc1C(CC(=O)O)NC(=O)CNC(=O)c1cccc(NC2=NCCC2)c1. The highest BCUT2D eigenvalue weighted by atomic mass is 16.4. The van der Waals surface area contributed by atoms with Gasteiger partial charge in [-0.25, -0.2) is 0 Å². The summed E-state index contributed by atoms with van der Waals surface area (Å²) in [7, 11) is 0. The van der Waals surface area contributed by atoms with Gasteiger partial charge in [-0.1, -0.05) is 19.1 Å². The molecule has 4 N–H and O–H groups in total. The number of pyridine rings is 1. The lowest BCUT2D eigenvalue weighted by Crippen LogP contribution is -2.39. The Labute approximate surface area is 186 Å². The minimum Gasteiger partial charge on any atom is -0.481 e. The predicted molar refractivity (Wildman–Crippen MR) is 121 cm³/mol. The fourth-order valence-electron chi connectivity index (χ4n) is 3.53. The second-order valence-corrected chi connectivity index (χ2v) is 7.43. The summed E-state index contributed by atoms with van der Waals surface area (Å²) < 4.78 is 0. The Kier molecular flexibility index (Phi) is 7.91. The second-order valence-electron chi connectivity index (χ2n) is 7.43. The van der Waals surface area contributed by atoms with Gasteiger partial charge in [0.2, 0.25) is 5.91 Å². The fraction of sp³-hybridized carbons (Fsp3) is 0.348. The van der Waals surface area contributed by atoms with Crippen LogP contribution in [0.2, 0.25) is 0 Å². The lowest BCUT2D eigenvalue weighted by atomic mass is 10.0. The molecule has 1 aromatic heterocycles. The Bertz CT molecular complexity index is 1020. The van der Waals surface area contributed by atoms with E-state index in [1.165, 1.54) is 0 Å². The van der Waals surface area contributed by atoms with E-state index in [-0.39, 0.29) is 13.0 Å². The first-order chi connectivity index (χ1) is 15.5. The van der Waals surface area contributed by atoms with Crippen LogP contribution in [0.1, 0.15) is 53.8 Å². The molecule has 1 aromatic carbocycles. The van der Waals surface area contributed by atoms with Gasteiger partial charge >= 0.3 is 5.97 Å². The molecule has 0 saturated heterocycles. The molecular weight excluding hydrogens is 410 g/mol. The van der Waals surface area contributed by atoms with Crippen molar-refractivity contribution in [3.05, 3.63) is 59.4 Å².